The van der Waals surface area contributed by atoms with E-state index in [1.807, 2.05) is 36.4 Å². The highest BCUT2D eigenvalue weighted by Crippen LogP contribution is 2.30. The molecule has 0 atom stereocenters. The maximum absolute atomic E-state index is 5.32. The van der Waals surface area contributed by atoms with Crippen LogP contribution in [0.25, 0.3) is 5.69 Å². The first-order chi connectivity index (χ1) is 11.3. The lowest BCUT2D eigenvalue weighted by Crippen LogP contribution is -2.01. The molecule has 0 amide bonds. The SMILES string of the molecule is COc1ccc(-n2nnnc2SCc2ccccn2)cc1OC. The zero-order valence-electron chi connectivity index (χ0n) is 12.7. The highest BCUT2D eigenvalue weighted by atomic mass is 32.2. The zero-order valence-corrected chi connectivity index (χ0v) is 13.5. The molecule has 0 N–H and O–H groups in total. The van der Waals surface area contributed by atoms with Crippen molar-refractivity contribution in [3.8, 4) is 17.2 Å². The summed E-state index contributed by atoms with van der Waals surface area (Å²) < 4.78 is 12.2. The van der Waals surface area contributed by atoms with Gasteiger partial charge in [0, 0.05) is 18.0 Å². The molecular formula is C15H15N5O2S. The van der Waals surface area contributed by atoms with Crippen LogP contribution in [0.15, 0.2) is 47.8 Å². The van der Waals surface area contributed by atoms with Crippen LogP contribution in [0.1, 0.15) is 5.69 Å². The van der Waals surface area contributed by atoms with Gasteiger partial charge < -0.3 is 9.47 Å². The summed E-state index contributed by atoms with van der Waals surface area (Å²) >= 11 is 1.52. The van der Waals surface area contributed by atoms with Gasteiger partial charge in [0.25, 0.3) is 0 Å². The maximum Gasteiger partial charge on any atom is 0.214 e. The molecule has 0 aliphatic carbocycles. The minimum Gasteiger partial charge on any atom is -0.493 e. The summed E-state index contributed by atoms with van der Waals surface area (Å²) in [6.45, 7) is 0. The molecule has 3 aromatic rings. The van der Waals surface area contributed by atoms with Crippen LogP contribution < -0.4 is 9.47 Å². The third-order valence-electron chi connectivity index (χ3n) is 3.13. The molecule has 2 aromatic heterocycles. The van der Waals surface area contributed by atoms with Crippen LogP contribution in [-0.2, 0) is 5.75 Å². The number of nitrogens with zero attached hydrogens (tertiary/aromatic N) is 5. The molecule has 7 nitrogen and oxygen atoms in total. The Morgan fingerprint density at radius 1 is 1.09 bits per heavy atom. The van der Waals surface area contributed by atoms with Crippen LogP contribution in [0.5, 0.6) is 11.5 Å². The summed E-state index contributed by atoms with van der Waals surface area (Å²) in [6, 6.07) is 11.4. The molecule has 0 spiro atoms. The molecule has 8 heteroatoms. The molecule has 0 aliphatic heterocycles. The van der Waals surface area contributed by atoms with Gasteiger partial charge in [0.05, 0.1) is 25.6 Å². The number of hydrogen-bond donors (Lipinski definition) is 0. The lowest BCUT2D eigenvalue weighted by molar-refractivity contribution is 0.354. The standard InChI is InChI=1S/C15H15N5O2S/c1-21-13-7-6-12(9-14(13)22-2)20-15(17-18-19-20)23-10-11-5-3-4-8-16-11/h3-9H,10H2,1-2H3. The van der Waals surface area contributed by atoms with E-state index in [1.54, 1.807) is 25.1 Å². The van der Waals surface area contributed by atoms with Crippen LogP contribution in [-0.4, -0.2) is 39.4 Å². The normalized spacial score (nSPS) is 10.5. The van der Waals surface area contributed by atoms with Gasteiger partial charge in [-0.2, -0.15) is 4.68 Å². The molecule has 0 bridgehead atoms. The van der Waals surface area contributed by atoms with E-state index in [0.29, 0.717) is 22.4 Å². The van der Waals surface area contributed by atoms with Crippen molar-refractivity contribution in [1.82, 2.24) is 25.2 Å². The fourth-order valence-corrected chi connectivity index (χ4v) is 2.82. The number of thioether (sulfide) groups is 1. The number of aromatic nitrogens is 5. The smallest absolute Gasteiger partial charge is 0.214 e. The van der Waals surface area contributed by atoms with Crippen LogP contribution in [0, 0.1) is 0 Å². The maximum atomic E-state index is 5.32. The van der Waals surface area contributed by atoms with Gasteiger partial charge in [-0.05, 0) is 34.7 Å². The molecule has 2 heterocycles. The number of tetrazole rings is 1. The Morgan fingerprint density at radius 3 is 2.70 bits per heavy atom. The van der Waals surface area contributed by atoms with Gasteiger partial charge >= 0.3 is 0 Å². The van der Waals surface area contributed by atoms with Crippen molar-refractivity contribution in [1.29, 1.82) is 0 Å². The Bertz CT molecular complexity index is 779. The largest absolute Gasteiger partial charge is 0.493 e. The van der Waals surface area contributed by atoms with E-state index < -0.39 is 0 Å². The van der Waals surface area contributed by atoms with Crippen molar-refractivity contribution in [2.45, 2.75) is 10.9 Å². The van der Waals surface area contributed by atoms with Gasteiger partial charge in [0.2, 0.25) is 5.16 Å². The molecule has 23 heavy (non-hydrogen) atoms. The Labute approximate surface area is 137 Å². The predicted octanol–water partition coefficient (Wildman–Crippen LogP) is 2.37. The molecule has 0 aliphatic rings. The van der Waals surface area contributed by atoms with Gasteiger partial charge in [-0.25, -0.2) is 0 Å². The molecule has 118 valence electrons. The second-order valence-electron chi connectivity index (χ2n) is 4.52. The lowest BCUT2D eigenvalue weighted by atomic mass is 10.3. The zero-order chi connectivity index (χ0) is 16.1. The monoisotopic (exact) mass is 329 g/mol. The molecule has 0 saturated carbocycles. The summed E-state index contributed by atoms with van der Waals surface area (Å²) in [4.78, 5) is 4.30. The molecular weight excluding hydrogens is 314 g/mol. The Balaban J connectivity index is 1.83. The minimum atomic E-state index is 0.626. The number of rotatable bonds is 6. The fourth-order valence-electron chi connectivity index (χ4n) is 2.01. The van der Waals surface area contributed by atoms with E-state index >= 15 is 0 Å². The number of methoxy groups -OCH3 is 2. The first-order valence-corrected chi connectivity index (χ1v) is 7.84. The average Bonchev–Trinajstić information content (AvgIpc) is 3.08. The van der Waals surface area contributed by atoms with Crippen molar-refractivity contribution in [2.24, 2.45) is 0 Å². The fraction of sp³-hybridized carbons (Fsp3) is 0.200. The van der Waals surface area contributed by atoms with Crippen LogP contribution in [0.2, 0.25) is 0 Å². The second kappa shape index (κ2) is 7.10. The molecule has 0 fully saturated rings. The van der Waals surface area contributed by atoms with Gasteiger partial charge in [-0.15, -0.1) is 5.10 Å². The summed E-state index contributed by atoms with van der Waals surface area (Å²) in [5, 5.41) is 12.6. The number of hydrogen-bond acceptors (Lipinski definition) is 7. The first-order valence-electron chi connectivity index (χ1n) is 6.85. The van der Waals surface area contributed by atoms with Crippen molar-refractivity contribution in [3.63, 3.8) is 0 Å². The van der Waals surface area contributed by atoms with Crippen molar-refractivity contribution in [2.75, 3.05) is 14.2 Å². The topological polar surface area (TPSA) is 75.0 Å². The first kappa shape index (κ1) is 15.3. The molecule has 1 aromatic carbocycles. The lowest BCUT2D eigenvalue weighted by Gasteiger charge is -2.10. The number of benzene rings is 1. The Kier molecular flexibility index (Phi) is 4.72. The molecule has 0 saturated heterocycles. The third-order valence-corrected chi connectivity index (χ3v) is 4.08. The predicted molar refractivity (Wildman–Crippen MR) is 86.1 cm³/mol. The van der Waals surface area contributed by atoms with Crippen molar-refractivity contribution < 1.29 is 9.47 Å². The van der Waals surface area contributed by atoms with Gasteiger partial charge in [0.15, 0.2) is 11.5 Å². The van der Waals surface area contributed by atoms with Gasteiger partial charge in [-0.3, -0.25) is 4.98 Å². The van der Waals surface area contributed by atoms with E-state index in [9.17, 15) is 0 Å². The summed E-state index contributed by atoms with van der Waals surface area (Å²) in [5.74, 6) is 1.97. The van der Waals surface area contributed by atoms with Crippen LogP contribution in [0.3, 0.4) is 0 Å². The van der Waals surface area contributed by atoms with Crippen molar-refractivity contribution in [3.05, 3.63) is 48.3 Å². The summed E-state index contributed by atoms with van der Waals surface area (Å²) in [5.41, 5.74) is 1.77. The highest BCUT2D eigenvalue weighted by Gasteiger charge is 2.12. The quantitative estimate of drug-likeness (QED) is 0.643. The van der Waals surface area contributed by atoms with E-state index in [-0.39, 0.29) is 0 Å². The molecule has 3 rings (SSSR count). The number of pyridine rings is 1. The van der Waals surface area contributed by atoms with Crippen LogP contribution >= 0.6 is 11.8 Å². The van der Waals surface area contributed by atoms with Crippen molar-refractivity contribution >= 4 is 11.8 Å². The molecule has 0 unspecified atom stereocenters. The van der Waals surface area contributed by atoms with E-state index in [2.05, 4.69) is 20.5 Å². The number of ether oxygens (including phenoxy) is 2. The summed E-state index contributed by atoms with van der Waals surface area (Å²) in [6.07, 6.45) is 1.77. The third kappa shape index (κ3) is 3.42. The van der Waals surface area contributed by atoms with E-state index in [1.165, 1.54) is 11.8 Å². The minimum absolute atomic E-state index is 0.626. The Hall–Kier alpha value is -2.61. The average molecular weight is 329 g/mol. The van der Waals surface area contributed by atoms with E-state index in [4.69, 9.17) is 9.47 Å². The molecule has 0 radical (unpaired) electrons. The van der Waals surface area contributed by atoms with Gasteiger partial charge in [0.1, 0.15) is 0 Å². The Morgan fingerprint density at radius 2 is 1.96 bits per heavy atom. The van der Waals surface area contributed by atoms with Crippen LogP contribution in [0.4, 0.5) is 0 Å². The summed E-state index contributed by atoms with van der Waals surface area (Å²) in [7, 11) is 3.20. The van der Waals surface area contributed by atoms with E-state index in [0.717, 1.165) is 11.4 Å². The second-order valence-corrected chi connectivity index (χ2v) is 5.46. The highest BCUT2D eigenvalue weighted by molar-refractivity contribution is 7.98. The van der Waals surface area contributed by atoms with Gasteiger partial charge in [-0.1, -0.05) is 17.8 Å².